The van der Waals surface area contributed by atoms with Crippen LogP contribution in [0.3, 0.4) is 0 Å². The van der Waals surface area contributed by atoms with Crippen molar-refractivity contribution < 1.29 is 19.1 Å². The maximum Gasteiger partial charge on any atom is 0.338 e. The van der Waals surface area contributed by atoms with Gasteiger partial charge in [-0.1, -0.05) is 30.3 Å². The van der Waals surface area contributed by atoms with Crippen LogP contribution in [0.4, 0.5) is 0 Å². The highest BCUT2D eigenvalue weighted by atomic mass is 16.5. The van der Waals surface area contributed by atoms with Crippen LogP contribution in [0.15, 0.2) is 59.8 Å². The lowest BCUT2D eigenvalue weighted by molar-refractivity contribution is 0.0478. The van der Waals surface area contributed by atoms with Crippen molar-refractivity contribution in [2.24, 2.45) is 5.18 Å². The van der Waals surface area contributed by atoms with Crippen LogP contribution >= 0.6 is 0 Å². The monoisotopic (exact) mass is 341 g/mol. The minimum atomic E-state index is -0.865. The number of carbonyl (C=O) groups is 2. The Morgan fingerprint density at radius 3 is 2.16 bits per heavy atom. The van der Waals surface area contributed by atoms with Gasteiger partial charge in [0.05, 0.1) is 18.8 Å². The molecular weight excluding hydrogens is 322 g/mol. The van der Waals surface area contributed by atoms with Crippen LogP contribution < -0.4 is 0 Å². The summed E-state index contributed by atoms with van der Waals surface area (Å²) in [4.78, 5) is 33.1. The number of rotatable bonds is 9. The van der Waals surface area contributed by atoms with E-state index in [0.29, 0.717) is 31.8 Å². The second-order valence-corrected chi connectivity index (χ2v) is 5.36. The molecule has 0 fully saturated rings. The second kappa shape index (κ2) is 10.1. The van der Waals surface area contributed by atoms with Gasteiger partial charge in [-0.15, -0.1) is 4.91 Å². The summed E-state index contributed by atoms with van der Waals surface area (Å²) in [5, 5.41) is 2.32. The highest BCUT2D eigenvalue weighted by Crippen LogP contribution is 2.08. The number of esters is 1. The minimum absolute atomic E-state index is 0.141. The van der Waals surface area contributed by atoms with Crippen molar-refractivity contribution in [1.82, 2.24) is 0 Å². The molecule has 0 heterocycles. The van der Waals surface area contributed by atoms with E-state index in [4.69, 9.17) is 9.47 Å². The van der Waals surface area contributed by atoms with Crippen LogP contribution in [-0.4, -0.2) is 25.1 Å². The van der Waals surface area contributed by atoms with E-state index in [1.807, 2.05) is 30.3 Å². The summed E-state index contributed by atoms with van der Waals surface area (Å²) in [7, 11) is 0. The molecule has 2 rings (SSSR count). The molecule has 25 heavy (non-hydrogen) atoms. The first-order valence-electron chi connectivity index (χ1n) is 7.97. The van der Waals surface area contributed by atoms with Gasteiger partial charge in [-0.2, -0.15) is 0 Å². The molecule has 2 aromatic rings. The number of hydrogen-bond acceptors (Lipinski definition) is 5. The number of amides is 1. The SMILES string of the molecule is O=NC(=O)c1ccc(C(=O)OCCCCOCc2ccccc2)cc1. The second-order valence-electron chi connectivity index (χ2n) is 5.36. The van der Waals surface area contributed by atoms with Gasteiger partial charge in [0.15, 0.2) is 0 Å². The first-order valence-corrected chi connectivity index (χ1v) is 7.97. The van der Waals surface area contributed by atoms with Gasteiger partial charge in [0.25, 0.3) is 0 Å². The Morgan fingerprint density at radius 1 is 0.840 bits per heavy atom. The van der Waals surface area contributed by atoms with Crippen LogP contribution in [0, 0.1) is 4.91 Å². The number of unbranched alkanes of at least 4 members (excludes halogenated alkanes) is 1. The Labute approximate surface area is 145 Å². The molecule has 0 unspecified atom stereocenters. The Hall–Kier alpha value is -2.86. The molecule has 1 amide bonds. The van der Waals surface area contributed by atoms with Crippen molar-refractivity contribution in [2.75, 3.05) is 13.2 Å². The first kappa shape index (κ1) is 18.5. The predicted octanol–water partition coefficient (Wildman–Crippen LogP) is 3.75. The summed E-state index contributed by atoms with van der Waals surface area (Å²) in [5.74, 6) is -1.33. The summed E-state index contributed by atoms with van der Waals surface area (Å²) in [6.45, 7) is 1.47. The van der Waals surface area contributed by atoms with Gasteiger partial charge < -0.3 is 9.47 Å². The number of hydrogen-bond donors (Lipinski definition) is 0. The van der Waals surface area contributed by atoms with Crippen LogP contribution in [0.2, 0.25) is 0 Å². The van der Waals surface area contributed by atoms with Gasteiger partial charge in [0.2, 0.25) is 0 Å². The maximum absolute atomic E-state index is 11.8. The zero-order valence-corrected chi connectivity index (χ0v) is 13.7. The number of nitrogens with zero attached hydrogens (tertiary/aromatic N) is 1. The molecule has 0 aromatic heterocycles. The van der Waals surface area contributed by atoms with Gasteiger partial charge in [0, 0.05) is 17.3 Å². The lowest BCUT2D eigenvalue weighted by atomic mass is 10.1. The van der Waals surface area contributed by atoms with Gasteiger partial charge in [-0.3, -0.25) is 4.79 Å². The summed E-state index contributed by atoms with van der Waals surface area (Å²) >= 11 is 0. The zero-order chi connectivity index (χ0) is 17.9. The molecule has 0 atom stereocenters. The van der Waals surface area contributed by atoms with Crippen molar-refractivity contribution in [3.8, 4) is 0 Å². The fourth-order valence-electron chi connectivity index (χ4n) is 2.12. The van der Waals surface area contributed by atoms with Crippen LogP contribution in [-0.2, 0) is 16.1 Å². The summed E-state index contributed by atoms with van der Waals surface area (Å²) in [6, 6.07) is 15.5. The van der Waals surface area contributed by atoms with Crippen molar-refractivity contribution in [3.63, 3.8) is 0 Å². The molecule has 0 saturated carbocycles. The average Bonchev–Trinajstić information content (AvgIpc) is 2.67. The van der Waals surface area contributed by atoms with E-state index in [9.17, 15) is 14.5 Å². The molecule has 0 bridgehead atoms. The van der Waals surface area contributed by atoms with E-state index in [0.717, 1.165) is 12.0 Å². The Kier molecular flexibility index (Phi) is 7.46. The van der Waals surface area contributed by atoms with Crippen LogP contribution in [0.1, 0.15) is 39.1 Å². The fraction of sp³-hybridized carbons (Fsp3) is 0.263. The third-order valence-corrected chi connectivity index (χ3v) is 3.48. The number of benzene rings is 2. The number of carbonyl (C=O) groups excluding carboxylic acids is 2. The van der Waals surface area contributed by atoms with Crippen LogP contribution in [0.25, 0.3) is 0 Å². The quantitative estimate of drug-likeness (QED) is 0.394. The van der Waals surface area contributed by atoms with Gasteiger partial charge in [-0.05, 0) is 42.7 Å². The highest BCUT2D eigenvalue weighted by molar-refractivity contribution is 5.96. The van der Waals surface area contributed by atoms with Crippen molar-refractivity contribution in [1.29, 1.82) is 0 Å². The molecule has 6 nitrogen and oxygen atoms in total. The van der Waals surface area contributed by atoms with E-state index < -0.39 is 11.9 Å². The molecule has 0 spiro atoms. The third kappa shape index (κ3) is 6.27. The van der Waals surface area contributed by atoms with Crippen molar-refractivity contribution >= 4 is 11.9 Å². The number of ether oxygens (including phenoxy) is 2. The number of nitroso groups, excluding NO2 is 1. The molecule has 0 aliphatic carbocycles. The highest BCUT2D eigenvalue weighted by Gasteiger charge is 2.09. The molecule has 0 aliphatic rings. The van der Waals surface area contributed by atoms with Gasteiger partial charge >= 0.3 is 11.9 Å². The Bertz CT molecular complexity index is 698. The molecule has 6 heteroatoms. The standard InChI is InChI=1S/C19H19NO5/c21-18(20-23)16-8-10-17(11-9-16)19(22)25-13-5-4-12-24-14-15-6-2-1-3-7-15/h1-3,6-11H,4-5,12-14H2. The van der Waals surface area contributed by atoms with E-state index in [1.54, 1.807) is 0 Å². The van der Waals surface area contributed by atoms with E-state index in [-0.39, 0.29) is 5.56 Å². The fourth-order valence-corrected chi connectivity index (χ4v) is 2.12. The lowest BCUT2D eigenvalue weighted by Gasteiger charge is -2.06. The molecule has 0 aliphatic heterocycles. The van der Waals surface area contributed by atoms with Gasteiger partial charge in [0.1, 0.15) is 0 Å². The maximum atomic E-state index is 11.8. The van der Waals surface area contributed by atoms with E-state index in [1.165, 1.54) is 24.3 Å². The van der Waals surface area contributed by atoms with Gasteiger partial charge in [-0.25, -0.2) is 4.79 Å². The molecule has 2 aromatic carbocycles. The topological polar surface area (TPSA) is 82.0 Å². The van der Waals surface area contributed by atoms with Crippen molar-refractivity contribution in [3.05, 3.63) is 76.2 Å². The van der Waals surface area contributed by atoms with Crippen molar-refractivity contribution in [2.45, 2.75) is 19.4 Å². The third-order valence-electron chi connectivity index (χ3n) is 3.48. The summed E-state index contributed by atoms with van der Waals surface area (Å²) in [5.41, 5.74) is 1.59. The summed E-state index contributed by atoms with van der Waals surface area (Å²) in [6.07, 6.45) is 1.49. The Morgan fingerprint density at radius 2 is 1.48 bits per heavy atom. The minimum Gasteiger partial charge on any atom is -0.462 e. The normalized spacial score (nSPS) is 10.2. The van der Waals surface area contributed by atoms with E-state index >= 15 is 0 Å². The lowest BCUT2D eigenvalue weighted by Crippen LogP contribution is -2.07. The summed E-state index contributed by atoms with van der Waals surface area (Å²) < 4.78 is 10.7. The molecular formula is C19H19NO5. The molecule has 130 valence electrons. The average molecular weight is 341 g/mol. The first-order chi connectivity index (χ1) is 12.2. The molecule has 0 radical (unpaired) electrons. The Balaban J connectivity index is 1.60. The smallest absolute Gasteiger partial charge is 0.338 e. The predicted molar refractivity (Wildman–Crippen MR) is 92.2 cm³/mol. The largest absolute Gasteiger partial charge is 0.462 e. The zero-order valence-electron chi connectivity index (χ0n) is 13.7. The molecule has 0 saturated heterocycles. The van der Waals surface area contributed by atoms with Crippen LogP contribution in [0.5, 0.6) is 0 Å². The molecule has 0 N–H and O–H groups in total. The van der Waals surface area contributed by atoms with E-state index in [2.05, 4.69) is 5.18 Å².